The van der Waals surface area contributed by atoms with Crippen molar-refractivity contribution in [1.82, 2.24) is 5.32 Å². The van der Waals surface area contributed by atoms with Gasteiger partial charge in [0.1, 0.15) is 24.4 Å². The molecule has 0 aromatic rings. The zero-order valence-electron chi connectivity index (χ0n) is 54.6. The first-order valence-corrected chi connectivity index (χ1v) is 34.8. The van der Waals surface area contributed by atoms with Gasteiger partial charge in [-0.1, -0.05) is 277 Å². The van der Waals surface area contributed by atoms with Gasteiger partial charge >= 0.3 is 5.97 Å². The molecule has 1 rings (SSSR count). The molecule has 8 unspecified atom stereocenters. The number of hydrogen-bond donors (Lipinski definition) is 6. The van der Waals surface area contributed by atoms with E-state index in [9.17, 15) is 35.1 Å². The van der Waals surface area contributed by atoms with Crippen LogP contribution in [0.2, 0.25) is 0 Å². The molecule has 0 bridgehead atoms. The van der Waals surface area contributed by atoms with Gasteiger partial charge in [-0.15, -0.1) is 0 Å². The predicted octanol–water partition coefficient (Wildman–Crippen LogP) is 17.8. The molecule has 1 aliphatic rings. The minimum absolute atomic E-state index is 0.104. The molecule has 0 aliphatic carbocycles. The third-order valence-corrected chi connectivity index (χ3v) is 15.6. The smallest absolute Gasteiger partial charge is 0.306 e. The Hall–Kier alpha value is -3.94. The number of allylic oxidation sites excluding steroid dienone is 19. The molecule has 0 saturated carbocycles. The van der Waals surface area contributed by atoms with Crippen molar-refractivity contribution in [3.05, 3.63) is 122 Å². The van der Waals surface area contributed by atoms with Crippen LogP contribution in [0.1, 0.15) is 278 Å². The summed E-state index contributed by atoms with van der Waals surface area (Å²) in [6.07, 6.45) is 75.1. The van der Waals surface area contributed by atoms with Crippen molar-refractivity contribution in [3.63, 3.8) is 0 Å². The molecule has 11 heteroatoms. The highest BCUT2D eigenvalue weighted by molar-refractivity contribution is 5.80. The number of aliphatic hydroxyl groups is 5. The highest BCUT2D eigenvalue weighted by atomic mass is 16.7. The molecule has 86 heavy (non-hydrogen) atoms. The maximum atomic E-state index is 13.5. The second-order valence-corrected chi connectivity index (χ2v) is 23.5. The van der Waals surface area contributed by atoms with E-state index in [1.54, 1.807) is 6.08 Å². The van der Waals surface area contributed by atoms with Crippen LogP contribution in [0, 0.1) is 0 Å². The minimum atomic E-state index is -1.63. The number of carbonyl (C=O) groups excluding carboxylic acids is 2. The highest BCUT2D eigenvalue weighted by Gasteiger charge is 2.47. The van der Waals surface area contributed by atoms with Crippen molar-refractivity contribution in [2.24, 2.45) is 0 Å². The fourth-order valence-corrected chi connectivity index (χ4v) is 10.1. The molecule has 492 valence electrons. The van der Waals surface area contributed by atoms with Crippen molar-refractivity contribution in [3.8, 4) is 0 Å². The fraction of sp³-hybridized carbons (Fsp3) is 0.707. The molecule has 1 heterocycles. The lowest BCUT2D eigenvalue weighted by Gasteiger charge is -2.41. The van der Waals surface area contributed by atoms with E-state index in [-0.39, 0.29) is 19.4 Å². The zero-order chi connectivity index (χ0) is 62.4. The van der Waals surface area contributed by atoms with Gasteiger partial charge in [0, 0.05) is 6.42 Å². The summed E-state index contributed by atoms with van der Waals surface area (Å²) in [4.78, 5) is 26.7. The van der Waals surface area contributed by atoms with E-state index in [1.807, 2.05) is 6.08 Å². The van der Waals surface area contributed by atoms with Crippen LogP contribution in [0.4, 0.5) is 0 Å². The molecular formula is C75H127NO10. The van der Waals surface area contributed by atoms with Gasteiger partial charge < -0.3 is 45.1 Å². The Balaban J connectivity index is 2.63. The van der Waals surface area contributed by atoms with Crippen LogP contribution in [0.3, 0.4) is 0 Å². The molecule has 1 saturated heterocycles. The number of carbonyl (C=O) groups is 2. The van der Waals surface area contributed by atoms with Crippen LogP contribution in [-0.2, 0) is 23.8 Å². The topological polar surface area (TPSA) is 175 Å². The summed E-state index contributed by atoms with van der Waals surface area (Å²) in [5, 5.41) is 57.2. The standard InChI is InChI=1S/C75H127NO10/c1-4-7-10-13-16-19-22-25-27-29-31-33-35-37-39-41-43-45-48-51-54-57-60-63-70(80)86-73-72(82)71(81)69(64-77)85-75(73)84-65-66(67(78)61-58-55-52-49-46-24-21-18-15-12-9-6-3)76-74(83)68(79)62-59-56-53-50-47-44-42-40-38-36-34-32-30-28-26-23-20-17-14-11-8-5-2/h8,11,16-17,19-20,25-28,31-34,37-40,58,61,66-69,71-73,75,77-79,81-82H,4-7,9-10,12-15,18,21-24,29-30,35-36,41-57,59-60,62-65H2,1-3H3,(H,76,83)/b11-8-,19-16-,20-17-,27-25-,28-26-,33-31-,34-32-,39-37-,40-38-,61-58+. The SMILES string of the molecule is CC/C=C\C/C=C\C/C=C\C/C=C\C/C=C\CCCCCCCCC(O)C(=O)NC(COC1OC(CO)C(O)C(O)C1OC(=O)CCCCCCCCC/C=C\C/C=C\C/C=C\C/C=C\CCCCC)C(O)/C=C/CCCCCCCCCCCC. The van der Waals surface area contributed by atoms with Crippen molar-refractivity contribution in [2.45, 2.75) is 327 Å². The molecule has 0 aromatic carbocycles. The number of hydrogen-bond acceptors (Lipinski definition) is 10. The summed E-state index contributed by atoms with van der Waals surface area (Å²) in [6.45, 7) is 5.64. The third-order valence-electron chi connectivity index (χ3n) is 15.6. The van der Waals surface area contributed by atoms with Crippen molar-refractivity contribution >= 4 is 11.9 Å². The lowest BCUT2D eigenvalue weighted by Crippen LogP contribution is -2.61. The van der Waals surface area contributed by atoms with Crippen molar-refractivity contribution in [1.29, 1.82) is 0 Å². The Morgan fingerprint density at radius 1 is 0.465 bits per heavy atom. The lowest BCUT2D eigenvalue weighted by molar-refractivity contribution is -0.305. The van der Waals surface area contributed by atoms with Gasteiger partial charge in [0.2, 0.25) is 5.91 Å². The first-order chi connectivity index (χ1) is 42.2. The quantitative estimate of drug-likeness (QED) is 0.0195. The van der Waals surface area contributed by atoms with Gasteiger partial charge in [-0.3, -0.25) is 9.59 Å². The summed E-state index contributed by atoms with van der Waals surface area (Å²) in [5.74, 6) is -1.22. The first-order valence-electron chi connectivity index (χ1n) is 34.8. The minimum Gasteiger partial charge on any atom is -0.454 e. The molecular weight excluding hydrogens is 1070 g/mol. The molecule has 1 aliphatic heterocycles. The van der Waals surface area contributed by atoms with Crippen LogP contribution < -0.4 is 5.32 Å². The van der Waals surface area contributed by atoms with Crippen LogP contribution in [0.15, 0.2) is 122 Å². The predicted molar refractivity (Wildman–Crippen MR) is 361 cm³/mol. The molecule has 1 fully saturated rings. The Kier molecular flexibility index (Phi) is 57.1. The van der Waals surface area contributed by atoms with Gasteiger partial charge in [0.25, 0.3) is 0 Å². The van der Waals surface area contributed by atoms with Crippen LogP contribution in [-0.4, -0.2) is 99.6 Å². The Bertz CT molecular complexity index is 1860. The van der Waals surface area contributed by atoms with E-state index >= 15 is 0 Å². The third kappa shape index (κ3) is 48.0. The Labute approximate surface area is 525 Å². The average Bonchev–Trinajstić information content (AvgIpc) is 3.59. The second kappa shape index (κ2) is 61.3. The van der Waals surface area contributed by atoms with Crippen LogP contribution in [0.5, 0.6) is 0 Å². The number of nitrogens with one attached hydrogen (secondary N) is 1. The average molecular weight is 1200 g/mol. The monoisotopic (exact) mass is 1200 g/mol. The number of rotatable bonds is 58. The number of aliphatic hydroxyl groups excluding tert-OH is 5. The van der Waals surface area contributed by atoms with Crippen LogP contribution in [0.25, 0.3) is 0 Å². The van der Waals surface area contributed by atoms with Gasteiger partial charge in [-0.25, -0.2) is 0 Å². The maximum absolute atomic E-state index is 13.5. The van der Waals surface area contributed by atoms with Gasteiger partial charge in [0.15, 0.2) is 12.4 Å². The maximum Gasteiger partial charge on any atom is 0.306 e. The van der Waals surface area contributed by atoms with Crippen LogP contribution >= 0.6 is 0 Å². The highest BCUT2D eigenvalue weighted by Crippen LogP contribution is 2.26. The Morgan fingerprint density at radius 2 is 0.837 bits per heavy atom. The molecule has 1 amide bonds. The number of esters is 1. The molecule has 8 atom stereocenters. The molecule has 0 radical (unpaired) electrons. The van der Waals surface area contributed by atoms with E-state index < -0.39 is 67.4 Å². The summed E-state index contributed by atoms with van der Waals surface area (Å²) in [5.41, 5.74) is 0. The number of amides is 1. The fourth-order valence-electron chi connectivity index (χ4n) is 10.1. The number of ether oxygens (including phenoxy) is 3. The van der Waals surface area contributed by atoms with Gasteiger partial charge in [-0.05, 0) is 116 Å². The van der Waals surface area contributed by atoms with Crippen molar-refractivity contribution in [2.75, 3.05) is 13.2 Å². The van der Waals surface area contributed by atoms with E-state index in [0.717, 1.165) is 161 Å². The second-order valence-electron chi connectivity index (χ2n) is 23.5. The van der Waals surface area contributed by atoms with E-state index in [1.165, 1.54) is 70.6 Å². The van der Waals surface area contributed by atoms with E-state index in [0.29, 0.717) is 12.8 Å². The van der Waals surface area contributed by atoms with Gasteiger partial charge in [0.05, 0.1) is 25.4 Å². The van der Waals surface area contributed by atoms with Crippen molar-refractivity contribution < 1.29 is 49.3 Å². The zero-order valence-corrected chi connectivity index (χ0v) is 54.6. The Morgan fingerprint density at radius 3 is 1.28 bits per heavy atom. The summed E-state index contributed by atoms with van der Waals surface area (Å²) in [7, 11) is 0. The first kappa shape index (κ1) is 80.1. The summed E-state index contributed by atoms with van der Waals surface area (Å²) < 4.78 is 17.7. The summed E-state index contributed by atoms with van der Waals surface area (Å²) >= 11 is 0. The number of unbranched alkanes of at least 4 members (excludes halogenated alkanes) is 26. The molecule has 6 N–H and O–H groups in total. The van der Waals surface area contributed by atoms with E-state index in [4.69, 9.17) is 14.2 Å². The largest absolute Gasteiger partial charge is 0.454 e. The molecule has 0 aromatic heterocycles. The van der Waals surface area contributed by atoms with E-state index in [2.05, 4.69) is 135 Å². The van der Waals surface area contributed by atoms with Gasteiger partial charge in [-0.2, -0.15) is 0 Å². The normalized spacial score (nSPS) is 19.1. The molecule has 11 nitrogen and oxygen atoms in total. The lowest BCUT2D eigenvalue weighted by atomic mass is 9.99. The summed E-state index contributed by atoms with van der Waals surface area (Å²) in [6, 6.07) is -1.04. The molecule has 0 spiro atoms.